The van der Waals surface area contributed by atoms with Crippen LogP contribution in [0.25, 0.3) is 0 Å². The van der Waals surface area contributed by atoms with Gasteiger partial charge in [-0.3, -0.25) is 4.79 Å². The van der Waals surface area contributed by atoms with Crippen molar-refractivity contribution in [2.75, 3.05) is 20.3 Å². The third-order valence-corrected chi connectivity index (χ3v) is 4.88. The summed E-state index contributed by atoms with van der Waals surface area (Å²) in [5.41, 5.74) is 0.555. The SMILES string of the molecule is CCC(CC)C(=O)c1ccc(S(=O)(=O)NCCOC)cc1. The lowest BCUT2D eigenvalue weighted by molar-refractivity contribution is 0.0913. The van der Waals surface area contributed by atoms with Gasteiger partial charge in [-0.1, -0.05) is 26.0 Å². The Kier molecular flexibility index (Phi) is 7.01. The Hall–Kier alpha value is -1.24. The van der Waals surface area contributed by atoms with E-state index in [0.717, 1.165) is 12.8 Å². The summed E-state index contributed by atoms with van der Waals surface area (Å²) in [5.74, 6) is 0.0589. The van der Waals surface area contributed by atoms with Crippen molar-refractivity contribution in [2.24, 2.45) is 5.92 Å². The highest BCUT2D eigenvalue weighted by Gasteiger charge is 2.18. The fraction of sp³-hybridized carbons (Fsp3) is 0.533. The van der Waals surface area contributed by atoms with Crippen LogP contribution in [-0.2, 0) is 14.8 Å². The molecule has 1 aromatic carbocycles. The van der Waals surface area contributed by atoms with Crippen LogP contribution in [0, 0.1) is 5.92 Å². The zero-order chi connectivity index (χ0) is 15.9. The average molecular weight is 313 g/mol. The maximum Gasteiger partial charge on any atom is 0.240 e. The normalized spacial score (nSPS) is 11.8. The van der Waals surface area contributed by atoms with Crippen LogP contribution in [-0.4, -0.2) is 34.5 Å². The van der Waals surface area contributed by atoms with Crippen molar-refractivity contribution in [3.8, 4) is 0 Å². The summed E-state index contributed by atoms with van der Waals surface area (Å²) in [6.45, 7) is 4.48. The highest BCUT2D eigenvalue weighted by Crippen LogP contribution is 2.17. The Bertz CT molecular complexity index is 548. The highest BCUT2D eigenvalue weighted by atomic mass is 32.2. The fourth-order valence-corrected chi connectivity index (χ4v) is 3.07. The van der Waals surface area contributed by atoms with Crippen molar-refractivity contribution >= 4 is 15.8 Å². The number of rotatable bonds is 9. The number of ether oxygens (including phenoxy) is 1. The van der Waals surface area contributed by atoms with Crippen LogP contribution in [0.2, 0.25) is 0 Å². The van der Waals surface area contributed by atoms with Gasteiger partial charge in [0.2, 0.25) is 10.0 Å². The van der Waals surface area contributed by atoms with Crippen LogP contribution in [0.15, 0.2) is 29.2 Å². The van der Waals surface area contributed by atoms with Gasteiger partial charge in [0, 0.05) is 25.1 Å². The summed E-state index contributed by atoms with van der Waals surface area (Å²) in [6, 6.07) is 6.08. The molecule has 0 unspecified atom stereocenters. The first-order chi connectivity index (χ1) is 9.96. The first kappa shape index (κ1) is 17.8. The average Bonchev–Trinajstić information content (AvgIpc) is 2.48. The molecule has 118 valence electrons. The van der Waals surface area contributed by atoms with Gasteiger partial charge in [0.05, 0.1) is 11.5 Å². The van der Waals surface area contributed by atoms with E-state index in [1.54, 1.807) is 12.1 Å². The summed E-state index contributed by atoms with van der Waals surface area (Å²) >= 11 is 0. The molecule has 1 N–H and O–H groups in total. The molecule has 0 radical (unpaired) electrons. The Labute approximate surface area is 126 Å². The molecule has 0 saturated heterocycles. The lowest BCUT2D eigenvalue weighted by Gasteiger charge is -2.11. The van der Waals surface area contributed by atoms with E-state index in [2.05, 4.69) is 4.72 Å². The van der Waals surface area contributed by atoms with Gasteiger partial charge in [0.25, 0.3) is 0 Å². The van der Waals surface area contributed by atoms with Crippen LogP contribution in [0.4, 0.5) is 0 Å². The second-order valence-electron chi connectivity index (χ2n) is 4.79. The molecular weight excluding hydrogens is 290 g/mol. The number of carbonyl (C=O) groups excluding carboxylic acids is 1. The minimum Gasteiger partial charge on any atom is -0.383 e. The van der Waals surface area contributed by atoms with Crippen molar-refractivity contribution in [2.45, 2.75) is 31.6 Å². The number of ketones is 1. The molecule has 0 aliphatic carbocycles. The van der Waals surface area contributed by atoms with E-state index in [1.165, 1.54) is 19.2 Å². The number of methoxy groups -OCH3 is 1. The summed E-state index contributed by atoms with van der Waals surface area (Å²) in [5, 5.41) is 0. The summed E-state index contributed by atoms with van der Waals surface area (Å²) in [4.78, 5) is 12.3. The number of nitrogens with one attached hydrogen (secondary N) is 1. The Balaban J connectivity index is 2.84. The lowest BCUT2D eigenvalue weighted by Crippen LogP contribution is -2.27. The maximum absolute atomic E-state index is 12.2. The van der Waals surface area contributed by atoms with Crippen LogP contribution in [0.3, 0.4) is 0 Å². The van der Waals surface area contributed by atoms with Crippen LogP contribution in [0.1, 0.15) is 37.0 Å². The molecule has 21 heavy (non-hydrogen) atoms. The van der Waals surface area contributed by atoms with Gasteiger partial charge < -0.3 is 4.74 Å². The number of hydrogen-bond donors (Lipinski definition) is 1. The standard InChI is InChI=1S/C15H23NO4S/c1-4-12(5-2)15(17)13-6-8-14(9-7-13)21(18,19)16-10-11-20-3/h6-9,12,16H,4-5,10-11H2,1-3H3. The summed E-state index contributed by atoms with van der Waals surface area (Å²) in [7, 11) is -2.04. The molecule has 0 fully saturated rings. The number of Topliss-reactive ketones (excluding diaryl/α,β-unsaturated/α-hetero) is 1. The van der Waals surface area contributed by atoms with Gasteiger partial charge in [-0.05, 0) is 25.0 Å². The fourth-order valence-electron chi connectivity index (χ4n) is 2.05. The van der Waals surface area contributed by atoms with Crippen molar-refractivity contribution in [1.29, 1.82) is 0 Å². The van der Waals surface area contributed by atoms with Gasteiger partial charge in [-0.25, -0.2) is 13.1 Å². The molecule has 0 bridgehead atoms. The highest BCUT2D eigenvalue weighted by molar-refractivity contribution is 7.89. The van der Waals surface area contributed by atoms with Gasteiger partial charge in [-0.15, -0.1) is 0 Å². The number of carbonyl (C=O) groups is 1. The van der Waals surface area contributed by atoms with E-state index in [9.17, 15) is 13.2 Å². The molecule has 0 saturated carbocycles. The third kappa shape index (κ3) is 4.91. The van der Waals surface area contributed by atoms with Crippen molar-refractivity contribution in [1.82, 2.24) is 4.72 Å². The summed E-state index contributed by atoms with van der Waals surface area (Å²) in [6.07, 6.45) is 1.57. The van der Waals surface area contributed by atoms with Crippen LogP contribution in [0.5, 0.6) is 0 Å². The van der Waals surface area contributed by atoms with Crippen molar-refractivity contribution in [3.63, 3.8) is 0 Å². The predicted octanol–water partition coefficient (Wildman–Crippen LogP) is 2.23. The largest absolute Gasteiger partial charge is 0.383 e. The molecule has 6 heteroatoms. The van der Waals surface area contributed by atoms with E-state index < -0.39 is 10.0 Å². The molecule has 0 atom stereocenters. The minimum absolute atomic E-state index is 0.00714. The lowest BCUT2D eigenvalue weighted by atomic mass is 9.93. The minimum atomic E-state index is -3.55. The van der Waals surface area contributed by atoms with Gasteiger partial charge >= 0.3 is 0 Å². The molecule has 1 aromatic rings. The van der Waals surface area contributed by atoms with Crippen molar-refractivity contribution < 1.29 is 17.9 Å². The molecule has 0 aromatic heterocycles. The Morgan fingerprint density at radius 2 is 1.76 bits per heavy atom. The van der Waals surface area contributed by atoms with E-state index in [4.69, 9.17) is 4.74 Å². The second-order valence-corrected chi connectivity index (χ2v) is 6.56. The zero-order valence-electron chi connectivity index (χ0n) is 12.8. The first-order valence-electron chi connectivity index (χ1n) is 7.09. The maximum atomic E-state index is 12.2. The molecule has 1 rings (SSSR count). The van der Waals surface area contributed by atoms with Crippen LogP contribution >= 0.6 is 0 Å². The number of benzene rings is 1. The third-order valence-electron chi connectivity index (χ3n) is 3.40. The van der Waals surface area contributed by atoms with Gasteiger partial charge in [0.1, 0.15) is 0 Å². The first-order valence-corrected chi connectivity index (χ1v) is 8.57. The molecule has 0 aliphatic heterocycles. The molecule has 0 heterocycles. The van der Waals surface area contributed by atoms with E-state index >= 15 is 0 Å². The molecule has 0 amide bonds. The van der Waals surface area contributed by atoms with Crippen molar-refractivity contribution in [3.05, 3.63) is 29.8 Å². The van der Waals surface area contributed by atoms with Gasteiger partial charge in [-0.2, -0.15) is 0 Å². The molecular formula is C15H23NO4S. The smallest absolute Gasteiger partial charge is 0.240 e. The topological polar surface area (TPSA) is 72.5 Å². The van der Waals surface area contributed by atoms with Crippen LogP contribution < -0.4 is 4.72 Å². The molecule has 0 aliphatic rings. The van der Waals surface area contributed by atoms with E-state index in [0.29, 0.717) is 12.2 Å². The predicted molar refractivity (Wildman–Crippen MR) is 81.9 cm³/mol. The van der Waals surface area contributed by atoms with E-state index in [1.807, 2.05) is 13.8 Å². The second kappa shape index (κ2) is 8.26. The number of sulfonamides is 1. The Morgan fingerprint density at radius 3 is 2.24 bits per heavy atom. The number of hydrogen-bond acceptors (Lipinski definition) is 4. The Morgan fingerprint density at radius 1 is 1.19 bits per heavy atom. The zero-order valence-corrected chi connectivity index (χ0v) is 13.6. The monoisotopic (exact) mass is 313 g/mol. The van der Waals surface area contributed by atoms with E-state index in [-0.39, 0.29) is 23.1 Å². The summed E-state index contributed by atoms with van der Waals surface area (Å²) < 4.78 is 31.2. The van der Waals surface area contributed by atoms with Gasteiger partial charge in [0.15, 0.2) is 5.78 Å². The molecule has 0 spiro atoms. The molecule has 5 nitrogen and oxygen atoms in total. The quantitative estimate of drug-likeness (QED) is 0.560.